The number of rotatable bonds is 4. The van der Waals surface area contributed by atoms with Gasteiger partial charge in [0.15, 0.2) is 0 Å². The van der Waals surface area contributed by atoms with Crippen molar-refractivity contribution in [1.29, 1.82) is 0 Å². The molecule has 0 spiro atoms. The molecule has 3 rings (SSSR count). The van der Waals surface area contributed by atoms with Gasteiger partial charge in [-0.2, -0.15) is 0 Å². The molecule has 9 nitrogen and oxygen atoms in total. The Morgan fingerprint density at radius 1 is 1.21 bits per heavy atom. The lowest BCUT2D eigenvalue weighted by Crippen LogP contribution is -2.49. The van der Waals surface area contributed by atoms with Gasteiger partial charge in [-0.25, -0.2) is 4.79 Å². The summed E-state index contributed by atoms with van der Waals surface area (Å²) < 4.78 is 4.96. The highest BCUT2D eigenvalue weighted by Gasteiger charge is 2.43. The summed E-state index contributed by atoms with van der Waals surface area (Å²) >= 11 is 6.14. The second kappa shape index (κ2) is 7.97. The predicted molar refractivity (Wildman–Crippen MR) is 99.3 cm³/mol. The van der Waals surface area contributed by atoms with Crippen molar-refractivity contribution in [3.05, 3.63) is 45.0 Å². The molecule has 2 aliphatic rings. The molecule has 0 radical (unpaired) electrons. The second-order valence-corrected chi connectivity index (χ2v) is 6.77. The van der Waals surface area contributed by atoms with Crippen LogP contribution in [0.1, 0.15) is 25.3 Å². The third-order valence-corrected chi connectivity index (χ3v) is 5.13. The maximum atomic E-state index is 12.9. The van der Waals surface area contributed by atoms with Crippen LogP contribution < -0.4 is 0 Å². The van der Waals surface area contributed by atoms with Gasteiger partial charge >= 0.3 is 6.09 Å². The third-order valence-electron chi connectivity index (χ3n) is 4.78. The van der Waals surface area contributed by atoms with Gasteiger partial charge in [-0.3, -0.25) is 24.6 Å². The fraction of sp³-hybridized carbons (Fsp3) is 0.389. The summed E-state index contributed by atoms with van der Waals surface area (Å²) in [5.41, 5.74) is 0.259. The predicted octanol–water partition coefficient (Wildman–Crippen LogP) is 2.53. The van der Waals surface area contributed by atoms with Crippen LogP contribution in [0.3, 0.4) is 0 Å². The van der Waals surface area contributed by atoms with Crippen molar-refractivity contribution in [2.45, 2.75) is 25.8 Å². The Morgan fingerprint density at radius 3 is 2.36 bits per heavy atom. The zero-order valence-corrected chi connectivity index (χ0v) is 15.8. The van der Waals surface area contributed by atoms with Crippen molar-refractivity contribution < 1.29 is 24.0 Å². The average Bonchev–Trinajstić information content (AvgIpc) is 2.91. The first-order valence-electron chi connectivity index (χ1n) is 8.79. The molecule has 0 atom stereocenters. The number of imide groups is 1. The first-order valence-corrected chi connectivity index (χ1v) is 9.17. The number of hydrogen-bond acceptors (Lipinski definition) is 6. The van der Waals surface area contributed by atoms with Crippen molar-refractivity contribution in [3.8, 4) is 0 Å². The number of hydrogen-bond donors (Lipinski definition) is 0. The highest BCUT2D eigenvalue weighted by atomic mass is 35.5. The third kappa shape index (κ3) is 3.57. The van der Waals surface area contributed by atoms with E-state index in [1.807, 2.05) is 0 Å². The molecule has 1 fully saturated rings. The van der Waals surface area contributed by atoms with E-state index in [0.29, 0.717) is 31.5 Å². The molecular formula is C18H18ClN3O6. The highest BCUT2D eigenvalue weighted by molar-refractivity contribution is 6.55. The normalized spacial score (nSPS) is 18.1. The van der Waals surface area contributed by atoms with Crippen LogP contribution in [0.4, 0.5) is 10.5 Å². The minimum absolute atomic E-state index is 0.0365. The molecule has 10 heteroatoms. The molecule has 28 heavy (non-hydrogen) atoms. The number of halogens is 1. The van der Waals surface area contributed by atoms with Crippen LogP contribution in [0.5, 0.6) is 0 Å². The average molecular weight is 408 g/mol. The van der Waals surface area contributed by atoms with Crippen LogP contribution in [0, 0.1) is 10.1 Å². The number of nitro benzene ring substituents is 1. The van der Waals surface area contributed by atoms with Gasteiger partial charge in [0.25, 0.3) is 17.5 Å². The van der Waals surface area contributed by atoms with E-state index in [1.54, 1.807) is 6.92 Å². The smallest absolute Gasteiger partial charge is 0.409 e. The molecule has 2 heterocycles. The topological polar surface area (TPSA) is 110 Å². The zero-order chi connectivity index (χ0) is 20.4. The first kappa shape index (κ1) is 19.8. The van der Waals surface area contributed by atoms with Crippen molar-refractivity contribution in [2.24, 2.45) is 0 Å². The Bertz CT molecular complexity index is 859. The van der Waals surface area contributed by atoms with Crippen LogP contribution in [0.25, 0.3) is 5.57 Å². The molecule has 148 valence electrons. The summed E-state index contributed by atoms with van der Waals surface area (Å²) in [6, 6.07) is 4.92. The van der Waals surface area contributed by atoms with Gasteiger partial charge in [0.05, 0.1) is 17.1 Å². The molecule has 1 aromatic rings. The zero-order valence-electron chi connectivity index (χ0n) is 15.1. The fourth-order valence-corrected chi connectivity index (χ4v) is 3.65. The minimum atomic E-state index is -0.588. The number of nitrogens with zero attached hydrogens (tertiary/aromatic N) is 3. The van der Waals surface area contributed by atoms with Crippen LogP contribution in [-0.2, 0) is 14.3 Å². The van der Waals surface area contributed by atoms with Crippen LogP contribution >= 0.6 is 11.6 Å². The van der Waals surface area contributed by atoms with Gasteiger partial charge in [0, 0.05) is 31.3 Å². The van der Waals surface area contributed by atoms with Gasteiger partial charge in [-0.05, 0) is 37.5 Å². The summed E-state index contributed by atoms with van der Waals surface area (Å²) in [7, 11) is 0. The van der Waals surface area contributed by atoms with E-state index < -0.39 is 22.8 Å². The van der Waals surface area contributed by atoms with Crippen LogP contribution in [0.2, 0.25) is 0 Å². The number of likely N-dealkylation sites (tertiary alicyclic amines) is 1. The largest absolute Gasteiger partial charge is 0.450 e. The van der Waals surface area contributed by atoms with Crippen LogP contribution in [-0.4, -0.2) is 58.4 Å². The van der Waals surface area contributed by atoms with Gasteiger partial charge in [0.2, 0.25) is 0 Å². The molecule has 1 aromatic carbocycles. The van der Waals surface area contributed by atoms with E-state index in [0.717, 1.165) is 4.90 Å². The Morgan fingerprint density at radius 2 is 1.82 bits per heavy atom. The van der Waals surface area contributed by atoms with Crippen molar-refractivity contribution >= 4 is 40.8 Å². The number of nitro groups is 1. The van der Waals surface area contributed by atoms with Crippen LogP contribution in [0.15, 0.2) is 29.3 Å². The first-order chi connectivity index (χ1) is 13.3. The Hall–Kier alpha value is -2.94. The van der Waals surface area contributed by atoms with E-state index in [-0.39, 0.29) is 28.9 Å². The monoisotopic (exact) mass is 407 g/mol. The molecule has 0 aliphatic carbocycles. The maximum absolute atomic E-state index is 12.9. The molecular weight excluding hydrogens is 390 g/mol. The second-order valence-electron chi connectivity index (χ2n) is 6.39. The Labute approximate surface area is 165 Å². The SMILES string of the molecule is CCOC(=O)N1CCC(N2C(=O)C(Cl)=C(c3ccc([N+](=O)[O-])cc3)C2=O)CC1. The number of piperidine rings is 1. The molecule has 1 saturated heterocycles. The summed E-state index contributed by atoms with van der Waals surface area (Å²) in [5, 5.41) is 10.6. The van der Waals surface area contributed by atoms with Gasteiger partial charge < -0.3 is 9.64 Å². The highest BCUT2D eigenvalue weighted by Crippen LogP contribution is 2.35. The van der Waals surface area contributed by atoms with E-state index in [9.17, 15) is 24.5 Å². The van der Waals surface area contributed by atoms with E-state index in [1.165, 1.54) is 29.2 Å². The molecule has 0 saturated carbocycles. The lowest BCUT2D eigenvalue weighted by Gasteiger charge is -2.35. The van der Waals surface area contributed by atoms with E-state index in [2.05, 4.69) is 0 Å². The molecule has 0 unspecified atom stereocenters. The summed E-state index contributed by atoms with van der Waals surface area (Å²) in [6.45, 7) is 2.73. The lowest BCUT2D eigenvalue weighted by atomic mass is 10.0. The number of carbonyl (C=O) groups is 3. The van der Waals surface area contributed by atoms with Gasteiger partial charge in [0.1, 0.15) is 5.03 Å². The number of benzene rings is 1. The standard InChI is InChI=1S/C18H18ClN3O6/c1-2-28-18(25)20-9-7-12(8-10-20)21-16(23)14(15(19)17(21)24)11-3-5-13(6-4-11)22(26)27/h3-6,12H,2,7-10H2,1H3. The maximum Gasteiger partial charge on any atom is 0.409 e. The number of ether oxygens (including phenoxy) is 1. The number of non-ortho nitro benzene ring substituents is 1. The minimum Gasteiger partial charge on any atom is -0.450 e. The molecule has 0 bridgehead atoms. The van der Waals surface area contributed by atoms with Crippen molar-refractivity contribution in [3.63, 3.8) is 0 Å². The van der Waals surface area contributed by atoms with Crippen molar-refractivity contribution in [1.82, 2.24) is 9.80 Å². The lowest BCUT2D eigenvalue weighted by molar-refractivity contribution is -0.384. The summed E-state index contributed by atoms with van der Waals surface area (Å²) in [5.74, 6) is -1.12. The Balaban J connectivity index is 1.75. The van der Waals surface area contributed by atoms with E-state index in [4.69, 9.17) is 16.3 Å². The molecule has 3 amide bonds. The van der Waals surface area contributed by atoms with Gasteiger partial charge in [-0.1, -0.05) is 11.6 Å². The van der Waals surface area contributed by atoms with Gasteiger partial charge in [-0.15, -0.1) is 0 Å². The summed E-state index contributed by atoms with van der Waals surface area (Å²) in [4.78, 5) is 50.2. The number of carbonyl (C=O) groups excluding carboxylic acids is 3. The number of amides is 3. The van der Waals surface area contributed by atoms with Crippen molar-refractivity contribution in [2.75, 3.05) is 19.7 Å². The molecule has 2 aliphatic heterocycles. The Kier molecular flexibility index (Phi) is 5.64. The summed E-state index contributed by atoms with van der Waals surface area (Å²) in [6.07, 6.45) is 0.435. The molecule has 0 N–H and O–H groups in total. The fourth-order valence-electron chi connectivity index (χ4n) is 3.37. The van der Waals surface area contributed by atoms with E-state index >= 15 is 0 Å². The quantitative estimate of drug-likeness (QED) is 0.431. The molecule has 0 aromatic heterocycles.